The predicted octanol–water partition coefficient (Wildman–Crippen LogP) is 4.36. The number of nitrogens with one attached hydrogen (secondary N) is 2. The van der Waals surface area contributed by atoms with Gasteiger partial charge in [0.05, 0.1) is 40.0 Å². The maximum absolute atomic E-state index is 13.3. The monoisotopic (exact) mass is 498 g/mol. The van der Waals surface area contributed by atoms with Crippen LogP contribution < -0.4 is 4.90 Å². The lowest BCUT2D eigenvalue weighted by Crippen LogP contribution is -2.22. The van der Waals surface area contributed by atoms with Gasteiger partial charge in [-0.15, -0.1) is 0 Å². The van der Waals surface area contributed by atoms with E-state index in [4.69, 9.17) is 4.98 Å². The number of nitrogens with zero attached hydrogens (tertiary/aromatic N) is 4. The Hall–Kier alpha value is -4.31. The Bertz CT molecular complexity index is 1720. The molecule has 5 aromatic rings. The van der Waals surface area contributed by atoms with Crippen molar-refractivity contribution in [2.75, 3.05) is 4.90 Å². The zero-order valence-corrected chi connectivity index (χ0v) is 20.4. The number of rotatable bonds is 5. The maximum Gasteiger partial charge on any atom is 0.259 e. The standard InChI is InChI=1S/C26H22N6O3S/c1-15(2)36(34,35)19-6-3-16(4-7-19)22-12-27-25-24(30-22)23(13-28-25)32-14-18-11-17(21-9-10-29-31-21)5-8-20(18)26(32)33/h3-13,15H,14H2,1-2H3,(H,27,28)(H,29,31). The summed E-state index contributed by atoms with van der Waals surface area (Å²) in [5.74, 6) is -0.0995. The SMILES string of the molecule is CC(C)S(=O)(=O)c1ccc(-c2cnc3[nH]cc(N4Cc5cc(-c6ccn[nH]6)ccc5C4=O)c3n2)cc1. The van der Waals surface area contributed by atoms with Crippen LogP contribution in [0.25, 0.3) is 33.7 Å². The third-order valence-corrected chi connectivity index (χ3v) is 8.64. The lowest BCUT2D eigenvalue weighted by Gasteiger charge is -2.14. The maximum atomic E-state index is 13.3. The van der Waals surface area contributed by atoms with Crippen molar-refractivity contribution in [2.45, 2.75) is 30.5 Å². The normalized spacial score (nSPS) is 13.6. The summed E-state index contributed by atoms with van der Waals surface area (Å²) < 4.78 is 24.9. The van der Waals surface area contributed by atoms with E-state index in [2.05, 4.69) is 20.2 Å². The minimum Gasteiger partial charge on any atom is -0.343 e. The molecule has 0 fully saturated rings. The number of amides is 1. The number of aromatic nitrogens is 5. The van der Waals surface area contributed by atoms with E-state index < -0.39 is 15.1 Å². The first-order chi connectivity index (χ1) is 17.3. The molecule has 0 aliphatic carbocycles. The summed E-state index contributed by atoms with van der Waals surface area (Å²) in [6.07, 6.45) is 5.07. The molecule has 2 aromatic carbocycles. The number of sulfone groups is 1. The van der Waals surface area contributed by atoms with Gasteiger partial charge in [0, 0.05) is 23.5 Å². The molecule has 36 heavy (non-hydrogen) atoms. The summed E-state index contributed by atoms with van der Waals surface area (Å²) in [4.78, 5) is 27.6. The Morgan fingerprint density at radius 1 is 1.03 bits per heavy atom. The van der Waals surface area contributed by atoms with Crippen LogP contribution in [0.2, 0.25) is 0 Å². The minimum atomic E-state index is -3.36. The lowest BCUT2D eigenvalue weighted by atomic mass is 10.0. The molecule has 0 saturated heterocycles. The van der Waals surface area contributed by atoms with Crippen LogP contribution >= 0.6 is 0 Å². The molecule has 0 bridgehead atoms. The van der Waals surface area contributed by atoms with Gasteiger partial charge in [0.1, 0.15) is 5.52 Å². The quantitative estimate of drug-likeness (QED) is 0.371. The Morgan fingerprint density at radius 3 is 2.53 bits per heavy atom. The first-order valence-corrected chi connectivity index (χ1v) is 13.0. The topological polar surface area (TPSA) is 125 Å². The number of hydrogen-bond acceptors (Lipinski definition) is 6. The first kappa shape index (κ1) is 22.2. The van der Waals surface area contributed by atoms with Gasteiger partial charge in [0.2, 0.25) is 0 Å². The Kier molecular flexibility index (Phi) is 5.01. The van der Waals surface area contributed by atoms with Crippen LogP contribution in [0.1, 0.15) is 29.8 Å². The average Bonchev–Trinajstić information content (AvgIpc) is 3.63. The smallest absolute Gasteiger partial charge is 0.259 e. The molecular formula is C26H22N6O3S. The van der Waals surface area contributed by atoms with Gasteiger partial charge < -0.3 is 9.88 Å². The van der Waals surface area contributed by atoms with Gasteiger partial charge in [-0.25, -0.2) is 18.4 Å². The van der Waals surface area contributed by atoms with Crippen molar-refractivity contribution in [1.29, 1.82) is 0 Å². The van der Waals surface area contributed by atoms with Gasteiger partial charge in [-0.2, -0.15) is 5.10 Å². The number of benzene rings is 2. The van der Waals surface area contributed by atoms with Crippen molar-refractivity contribution in [2.24, 2.45) is 0 Å². The van der Waals surface area contributed by atoms with E-state index in [1.165, 1.54) is 0 Å². The van der Waals surface area contributed by atoms with Crippen molar-refractivity contribution in [3.05, 3.63) is 78.2 Å². The average molecular weight is 499 g/mol. The number of anilines is 1. The van der Waals surface area contributed by atoms with E-state index in [1.54, 1.807) is 61.6 Å². The summed E-state index contributed by atoms with van der Waals surface area (Å²) in [6, 6.07) is 14.3. The second-order valence-electron chi connectivity index (χ2n) is 8.98. The highest BCUT2D eigenvalue weighted by Gasteiger charge is 2.31. The van der Waals surface area contributed by atoms with Gasteiger partial charge in [0.15, 0.2) is 15.5 Å². The third kappa shape index (κ3) is 3.49. The molecule has 2 N–H and O–H groups in total. The van der Waals surface area contributed by atoms with E-state index in [1.807, 2.05) is 24.3 Å². The molecule has 1 aliphatic rings. The molecular weight excluding hydrogens is 476 g/mol. The molecule has 1 aliphatic heterocycles. The van der Waals surface area contributed by atoms with Crippen LogP contribution in [0.3, 0.4) is 0 Å². The second kappa shape index (κ2) is 8.13. The third-order valence-electron chi connectivity index (χ3n) is 6.47. The van der Waals surface area contributed by atoms with Gasteiger partial charge in [-0.1, -0.05) is 18.2 Å². The number of carbonyl (C=O) groups is 1. The predicted molar refractivity (Wildman–Crippen MR) is 136 cm³/mol. The van der Waals surface area contributed by atoms with E-state index in [0.717, 1.165) is 22.4 Å². The summed E-state index contributed by atoms with van der Waals surface area (Å²) in [5, 5.41) is 6.45. The van der Waals surface area contributed by atoms with Crippen LogP contribution in [0.15, 0.2) is 72.0 Å². The largest absolute Gasteiger partial charge is 0.343 e. The fourth-order valence-corrected chi connectivity index (χ4v) is 5.47. The molecule has 0 spiro atoms. The molecule has 180 valence electrons. The van der Waals surface area contributed by atoms with E-state index >= 15 is 0 Å². The molecule has 0 unspecified atom stereocenters. The number of hydrogen-bond donors (Lipinski definition) is 2. The molecule has 0 saturated carbocycles. The second-order valence-corrected chi connectivity index (χ2v) is 11.5. The van der Waals surface area contributed by atoms with Gasteiger partial charge >= 0.3 is 0 Å². The van der Waals surface area contributed by atoms with E-state index in [0.29, 0.717) is 34.7 Å². The van der Waals surface area contributed by atoms with Crippen LogP contribution in [0.5, 0.6) is 0 Å². The molecule has 9 nitrogen and oxygen atoms in total. The van der Waals surface area contributed by atoms with Crippen LogP contribution in [0.4, 0.5) is 5.69 Å². The number of carbonyl (C=O) groups excluding carboxylic acids is 1. The fourth-order valence-electron chi connectivity index (χ4n) is 4.41. The van der Waals surface area contributed by atoms with Gasteiger partial charge in [0.25, 0.3) is 5.91 Å². The highest BCUT2D eigenvalue weighted by molar-refractivity contribution is 7.92. The molecule has 6 rings (SSSR count). The van der Waals surface area contributed by atoms with Crippen molar-refractivity contribution in [3.63, 3.8) is 0 Å². The van der Waals surface area contributed by atoms with E-state index in [9.17, 15) is 13.2 Å². The highest BCUT2D eigenvalue weighted by atomic mass is 32.2. The van der Waals surface area contributed by atoms with Crippen LogP contribution in [-0.2, 0) is 16.4 Å². The minimum absolute atomic E-state index is 0.0995. The lowest BCUT2D eigenvalue weighted by molar-refractivity contribution is 0.0997. The summed E-state index contributed by atoms with van der Waals surface area (Å²) in [7, 11) is -3.36. The molecule has 1 amide bonds. The Morgan fingerprint density at radius 2 is 1.81 bits per heavy atom. The molecule has 3 aromatic heterocycles. The van der Waals surface area contributed by atoms with Gasteiger partial charge in [-0.3, -0.25) is 9.89 Å². The zero-order valence-electron chi connectivity index (χ0n) is 19.6. The highest BCUT2D eigenvalue weighted by Crippen LogP contribution is 2.35. The van der Waals surface area contributed by atoms with Crippen LogP contribution in [0, 0.1) is 0 Å². The number of H-pyrrole nitrogens is 2. The molecule has 4 heterocycles. The van der Waals surface area contributed by atoms with Gasteiger partial charge in [-0.05, 0) is 55.3 Å². The fraction of sp³-hybridized carbons (Fsp3) is 0.154. The molecule has 10 heteroatoms. The van der Waals surface area contributed by atoms with Crippen molar-refractivity contribution in [1.82, 2.24) is 25.1 Å². The first-order valence-electron chi connectivity index (χ1n) is 11.5. The molecule has 0 radical (unpaired) electrons. The van der Waals surface area contributed by atoms with Crippen molar-refractivity contribution in [3.8, 4) is 22.5 Å². The zero-order chi connectivity index (χ0) is 25.0. The Labute approximate surface area is 207 Å². The number of fused-ring (bicyclic) bond motifs is 2. The number of aromatic amines is 2. The van der Waals surface area contributed by atoms with Crippen LogP contribution in [-0.4, -0.2) is 44.7 Å². The van der Waals surface area contributed by atoms with E-state index in [-0.39, 0.29) is 10.8 Å². The van der Waals surface area contributed by atoms with Crippen molar-refractivity contribution < 1.29 is 13.2 Å². The summed E-state index contributed by atoms with van der Waals surface area (Å²) in [5.41, 5.74) is 6.52. The van der Waals surface area contributed by atoms with Crippen molar-refractivity contribution >= 4 is 32.6 Å². The molecule has 0 atom stereocenters. The summed E-state index contributed by atoms with van der Waals surface area (Å²) >= 11 is 0. The Balaban J connectivity index is 1.34. The summed E-state index contributed by atoms with van der Waals surface area (Å²) in [6.45, 7) is 3.73.